The average Bonchev–Trinajstić information content (AvgIpc) is 2.25. The second-order valence-electron chi connectivity index (χ2n) is 3.64. The van der Waals surface area contributed by atoms with E-state index in [4.69, 9.17) is 5.73 Å². The first kappa shape index (κ1) is 14.1. The molecular formula is C10H12F3N3O2. The van der Waals surface area contributed by atoms with Crippen molar-refractivity contribution in [1.82, 2.24) is 0 Å². The highest BCUT2D eigenvalue weighted by Crippen LogP contribution is 2.38. The molecular weight excluding hydrogens is 251 g/mol. The van der Waals surface area contributed by atoms with Gasteiger partial charge in [-0.3, -0.25) is 10.1 Å². The third-order valence-electron chi connectivity index (χ3n) is 2.22. The Morgan fingerprint density at radius 2 is 2.06 bits per heavy atom. The van der Waals surface area contributed by atoms with Crippen LogP contribution in [0.4, 0.5) is 30.2 Å². The van der Waals surface area contributed by atoms with Crippen LogP contribution in [0.5, 0.6) is 0 Å². The van der Waals surface area contributed by atoms with E-state index in [2.05, 4.69) is 5.32 Å². The largest absolute Gasteiger partial charge is 0.416 e. The average molecular weight is 263 g/mol. The van der Waals surface area contributed by atoms with Crippen molar-refractivity contribution in [1.29, 1.82) is 0 Å². The molecule has 0 aliphatic carbocycles. The van der Waals surface area contributed by atoms with Crippen LogP contribution in [-0.2, 0) is 6.18 Å². The number of rotatable bonds is 4. The number of nitro groups is 1. The van der Waals surface area contributed by atoms with Gasteiger partial charge in [-0.2, -0.15) is 13.2 Å². The minimum absolute atomic E-state index is 0.0742. The number of anilines is 2. The maximum absolute atomic E-state index is 12.5. The Bertz CT molecular complexity index is 460. The third-order valence-corrected chi connectivity index (χ3v) is 2.22. The van der Waals surface area contributed by atoms with Gasteiger partial charge in [-0.15, -0.1) is 0 Å². The summed E-state index contributed by atoms with van der Waals surface area (Å²) in [6.45, 7) is 2.20. The molecule has 0 aliphatic rings. The van der Waals surface area contributed by atoms with E-state index in [9.17, 15) is 23.3 Å². The summed E-state index contributed by atoms with van der Waals surface area (Å²) in [6, 6.07) is 1.17. The van der Waals surface area contributed by atoms with E-state index in [0.717, 1.165) is 0 Å². The van der Waals surface area contributed by atoms with Gasteiger partial charge in [0.25, 0.3) is 5.69 Å². The van der Waals surface area contributed by atoms with Crippen molar-refractivity contribution in [3.8, 4) is 0 Å². The number of nitro benzene ring substituents is 1. The standard InChI is InChI=1S/C10H12F3N3O2/c1-2-3-15-9-7(14)4-6(10(11,12)13)5-8(9)16(17)18/h4-5,15H,2-3,14H2,1H3. The number of nitrogen functional groups attached to an aromatic ring is 1. The number of nitrogens with two attached hydrogens (primary N) is 1. The van der Waals surface area contributed by atoms with Gasteiger partial charge >= 0.3 is 6.18 Å². The zero-order chi connectivity index (χ0) is 13.9. The monoisotopic (exact) mass is 263 g/mol. The quantitative estimate of drug-likeness (QED) is 0.497. The fraction of sp³-hybridized carbons (Fsp3) is 0.400. The molecule has 1 rings (SSSR count). The van der Waals surface area contributed by atoms with Crippen molar-refractivity contribution >= 4 is 17.1 Å². The number of benzene rings is 1. The first-order valence-electron chi connectivity index (χ1n) is 5.16. The van der Waals surface area contributed by atoms with Gasteiger partial charge in [-0.05, 0) is 12.5 Å². The van der Waals surface area contributed by atoms with E-state index < -0.39 is 22.4 Å². The van der Waals surface area contributed by atoms with Crippen LogP contribution in [0.25, 0.3) is 0 Å². The van der Waals surface area contributed by atoms with Gasteiger partial charge in [0.15, 0.2) is 0 Å². The smallest absolute Gasteiger partial charge is 0.397 e. The molecule has 18 heavy (non-hydrogen) atoms. The van der Waals surface area contributed by atoms with Gasteiger partial charge in [0, 0.05) is 12.6 Å². The topological polar surface area (TPSA) is 81.2 Å². The zero-order valence-corrected chi connectivity index (χ0v) is 9.54. The van der Waals surface area contributed by atoms with Crippen molar-refractivity contribution in [2.45, 2.75) is 19.5 Å². The third kappa shape index (κ3) is 3.02. The van der Waals surface area contributed by atoms with Gasteiger partial charge in [0.2, 0.25) is 0 Å². The molecule has 100 valence electrons. The molecule has 0 atom stereocenters. The van der Waals surface area contributed by atoms with E-state index in [1.165, 1.54) is 0 Å². The van der Waals surface area contributed by atoms with Crippen LogP contribution in [0.15, 0.2) is 12.1 Å². The molecule has 0 aromatic heterocycles. The molecule has 5 nitrogen and oxygen atoms in total. The predicted octanol–water partition coefficient (Wildman–Crippen LogP) is 3.02. The van der Waals surface area contributed by atoms with Crippen molar-refractivity contribution in [3.63, 3.8) is 0 Å². The Balaban J connectivity index is 3.31. The lowest BCUT2D eigenvalue weighted by atomic mass is 10.1. The summed E-state index contributed by atoms with van der Waals surface area (Å²) in [7, 11) is 0. The van der Waals surface area contributed by atoms with Gasteiger partial charge in [0.05, 0.1) is 16.2 Å². The molecule has 0 amide bonds. The molecule has 0 heterocycles. The van der Waals surface area contributed by atoms with E-state index in [-0.39, 0.29) is 11.4 Å². The number of alkyl halides is 3. The van der Waals surface area contributed by atoms with Gasteiger partial charge in [-0.25, -0.2) is 0 Å². The fourth-order valence-corrected chi connectivity index (χ4v) is 1.40. The minimum Gasteiger partial charge on any atom is -0.397 e. The van der Waals surface area contributed by atoms with Crippen LogP contribution >= 0.6 is 0 Å². The highest BCUT2D eigenvalue weighted by Gasteiger charge is 2.34. The maximum Gasteiger partial charge on any atom is 0.416 e. The number of halogens is 3. The molecule has 0 unspecified atom stereocenters. The van der Waals surface area contributed by atoms with Crippen molar-refractivity contribution in [3.05, 3.63) is 27.8 Å². The van der Waals surface area contributed by atoms with Gasteiger partial charge in [-0.1, -0.05) is 6.92 Å². The summed E-state index contributed by atoms with van der Waals surface area (Å²) < 4.78 is 37.5. The van der Waals surface area contributed by atoms with E-state index in [1.54, 1.807) is 0 Å². The number of nitrogens with zero attached hydrogens (tertiary/aromatic N) is 1. The number of hydrogen-bond acceptors (Lipinski definition) is 4. The highest BCUT2D eigenvalue weighted by atomic mass is 19.4. The Morgan fingerprint density at radius 1 is 1.44 bits per heavy atom. The van der Waals surface area contributed by atoms with Crippen molar-refractivity contribution < 1.29 is 18.1 Å². The van der Waals surface area contributed by atoms with Crippen LogP contribution in [0.2, 0.25) is 0 Å². The number of nitrogens with one attached hydrogen (secondary N) is 1. The van der Waals surface area contributed by atoms with Crippen LogP contribution < -0.4 is 11.1 Å². The molecule has 0 fully saturated rings. The molecule has 1 aromatic carbocycles. The predicted molar refractivity (Wildman–Crippen MR) is 61.3 cm³/mol. The summed E-state index contributed by atoms with van der Waals surface area (Å²) in [6.07, 6.45) is -4.00. The minimum atomic E-state index is -4.66. The number of hydrogen-bond donors (Lipinski definition) is 2. The Labute approximate surface area is 101 Å². The lowest BCUT2D eigenvalue weighted by Gasteiger charge is -2.12. The van der Waals surface area contributed by atoms with E-state index >= 15 is 0 Å². The Hall–Kier alpha value is -1.99. The van der Waals surface area contributed by atoms with Crippen LogP contribution in [0, 0.1) is 10.1 Å². The van der Waals surface area contributed by atoms with Gasteiger partial charge < -0.3 is 11.1 Å². The Morgan fingerprint density at radius 3 is 2.50 bits per heavy atom. The second kappa shape index (κ2) is 5.11. The normalized spacial score (nSPS) is 11.3. The fourth-order valence-electron chi connectivity index (χ4n) is 1.40. The van der Waals surface area contributed by atoms with E-state index in [0.29, 0.717) is 25.1 Å². The molecule has 3 N–H and O–H groups in total. The molecule has 8 heteroatoms. The Kier molecular flexibility index (Phi) is 4.00. The summed E-state index contributed by atoms with van der Waals surface area (Å²) in [5.74, 6) is 0. The molecule has 0 aliphatic heterocycles. The molecule has 0 radical (unpaired) electrons. The van der Waals surface area contributed by atoms with E-state index in [1.807, 2.05) is 6.92 Å². The molecule has 0 saturated heterocycles. The molecule has 0 spiro atoms. The summed E-state index contributed by atoms with van der Waals surface area (Å²) in [5.41, 5.74) is 3.27. The van der Waals surface area contributed by atoms with Crippen LogP contribution in [0.3, 0.4) is 0 Å². The van der Waals surface area contributed by atoms with Crippen LogP contribution in [0.1, 0.15) is 18.9 Å². The van der Waals surface area contributed by atoms with Crippen molar-refractivity contribution in [2.75, 3.05) is 17.6 Å². The zero-order valence-electron chi connectivity index (χ0n) is 9.54. The van der Waals surface area contributed by atoms with Crippen LogP contribution in [-0.4, -0.2) is 11.5 Å². The lowest BCUT2D eigenvalue weighted by molar-refractivity contribution is -0.384. The molecule has 1 aromatic rings. The first-order valence-corrected chi connectivity index (χ1v) is 5.16. The highest BCUT2D eigenvalue weighted by molar-refractivity contribution is 5.78. The summed E-state index contributed by atoms with van der Waals surface area (Å²) >= 11 is 0. The second-order valence-corrected chi connectivity index (χ2v) is 3.64. The molecule has 0 saturated carbocycles. The van der Waals surface area contributed by atoms with Crippen molar-refractivity contribution in [2.24, 2.45) is 0 Å². The van der Waals surface area contributed by atoms with Gasteiger partial charge in [0.1, 0.15) is 5.69 Å². The maximum atomic E-state index is 12.5. The molecule has 0 bridgehead atoms. The summed E-state index contributed by atoms with van der Waals surface area (Å²) in [5, 5.41) is 13.4. The SMILES string of the molecule is CCCNc1c(N)cc(C(F)(F)F)cc1[N+](=O)[O-]. The first-order chi connectivity index (χ1) is 8.27. The lowest BCUT2D eigenvalue weighted by Crippen LogP contribution is -2.11. The summed E-state index contributed by atoms with van der Waals surface area (Å²) in [4.78, 5) is 9.87.